The van der Waals surface area contributed by atoms with Crippen molar-refractivity contribution in [3.8, 4) is 5.69 Å². The Labute approximate surface area is 136 Å². The van der Waals surface area contributed by atoms with Gasteiger partial charge in [0.25, 0.3) is 0 Å². The summed E-state index contributed by atoms with van der Waals surface area (Å²) in [6.45, 7) is 7.60. The van der Waals surface area contributed by atoms with E-state index in [1.807, 2.05) is 37.4 Å². The minimum atomic E-state index is 0.384. The van der Waals surface area contributed by atoms with Crippen LogP contribution in [0.2, 0.25) is 0 Å². The molecule has 2 aromatic heterocycles. The third kappa shape index (κ3) is 3.51. The maximum Gasteiger partial charge on any atom is 0.150 e. The first kappa shape index (κ1) is 15.5. The van der Waals surface area contributed by atoms with Crippen LogP contribution in [0.25, 0.3) is 5.69 Å². The number of nitrogens with zero attached hydrogens (tertiary/aromatic N) is 3. The third-order valence-corrected chi connectivity index (χ3v) is 3.80. The molecule has 2 heterocycles. The fourth-order valence-electron chi connectivity index (χ4n) is 2.54. The lowest BCUT2D eigenvalue weighted by atomic mass is 10.1. The van der Waals surface area contributed by atoms with Crippen molar-refractivity contribution < 1.29 is 4.52 Å². The summed E-state index contributed by atoms with van der Waals surface area (Å²) in [5.74, 6) is 2.22. The maximum atomic E-state index is 5.35. The van der Waals surface area contributed by atoms with Crippen LogP contribution in [0.3, 0.4) is 0 Å². The van der Waals surface area contributed by atoms with Gasteiger partial charge in [-0.3, -0.25) is 4.57 Å². The van der Waals surface area contributed by atoms with Gasteiger partial charge in [-0.25, -0.2) is 4.98 Å². The fourth-order valence-corrected chi connectivity index (χ4v) is 2.54. The number of hydrogen-bond donors (Lipinski definition) is 1. The van der Waals surface area contributed by atoms with E-state index in [9.17, 15) is 0 Å². The van der Waals surface area contributed by atoms with Gasteiger partial charge in [0.05, 0.1) is 24.1 Å². The summed E-state index contributed by atoms with van der Waals surface area (Å²) in [7, 11) is 0. The molecule has 0 aliphatic carbocycles. The van der Waals surface area contributed by atoms with Crippen LogP contribution in [0.1, 0.15) is 42.7 Å². The van der Waals surface area contributed by atoms with E-state index < -0.39 is 0 Å². The molecule has 23 heavy (non-hydrogen) atoms. The second kappa shape index (κ2) is 6.79. The van der Waals surface area contributed by atoms with E-state index in [4.69, 9.17) is 4.52 Å². The molecule has 0 fully saturated rings. The van der Waals surface area contributed by atoms with Crippen LogP contribution in [0.4, 0.5) is 0 Å². The third-order valence-electron chi connectivity index (χ3n) is 3.80. The van der Waals surface area contributed by atoms with Crippen molar-refractivity contribution in [2.75, 3.05) is 0 Å². The molecule has 0 unspecified atom stereocenters. The first-order chi connectivity index (χ1) is 11.1. The molecule has 1 N–H and O–H groups in total. The van der Waals surface area contributed by atoms with E-state index in [1.54, 1.807) is 0 Å². The number of imidazole rings is 1. The summed E-state index contributed by atoms with van der Waals surface area (Å²) in [5.41, 5.74) is 3.24. The zero-order chi connectivity index (χ0) is 16.2. The second-order valence-corrected chi connectivity index (χ2v) is 5.94. The van der Waals surface area contributed by atoms with E-state index in [0.717, 1.165) is 28.7 Å². The summed E-state index contributed by atoms with van der Waals surface area (Å²) >= 11 is 0. The van der Waals surface area contributed by atoms with Crippen LogP contribution in [0.15, 0.2) is 47.1 Å². The number of aryl methyl sites for hydroxylation is 1. The van der Waals surface area contributed by atoms with Gasteiger partial charge in [0.1, 0.15) is 5.82 Å². The Morgan fingerprint density at radius 1 is 1.17 bits per heavy atom. The van der Waals surface area contributed by atoms with Gasteiger partial charge in [0.2, 0.25) is 0 Å². The highest BCUT2D eigenvalue weighted by Crippen LogP contribution is 2.16. The lowest BCUT2D eigenvalue weighted by Crippen LogP contribution is -2.15. The fraction of sp³-hybridized carbons (Fsp3) is 0.333. The average Bonchev–Trinajstić information content (AvgIpc) is 3.16. The molecule has 3 rings (SSSR count). The van der Waals surface area contributed by atoms with Crippen molar-refractivity contribution >= 4 is 0 Å². The Hall–Kier alpha value is -2.40. The second-order valence-electron chi connectivity index (χ2n) is 5.94. The minimum absolute atomic E-state index is 0.384. The number of nitrogens with one attached hydrogen (secondary N) is 1. The highest BCUT2D eigenvalue weighted by Gasteiger charge is 2.10. The van der Waals surface area contributed by atoms with Gasteiger partial charge >= 0.3 is 0 Å². The SMILES string of the molecule is Cc1ncc(CNCc2cc(C(C)C)no2)n1-c1ccccc1. The number of rotatable bonds is 6. The lowest BCUT2D eigenvalue weighted by molar-refractivity contribution is 0.365. The van der Waals surface area contributed by atoms with E-state index in [1.165, 1.54) is 0 Å². The lowest BCUT2D eigenvalue weighted by Gasteiger charge is -2.10. The van der Waals surface area contributed by atoms with Crippen LogP contribution in [0.5, 0.6) is 0 Å². The molecule has 0 spiro atoms. The average molecular weight is 310 g/mol. The molecule has 0 amide bonds. The normalized spacial score (nSPS) is 11.3. The largest absolute Gasteiger partial charge is 0.360 e. The predicted molar refractivity (Wildman–Crippen MR) is 89.4 cm³/mol. The Balaban J connectivity index is 1.67. The predicted octanol–water partition coefficient (Wildman–Crippen LogP) is 3.58. The van der Waals surface area contributed by atoms with Crippen molar-refractivity contribution in [1.29, 1.82) is 0 Å². The zero-order valence-electron chi connectivity index (χ0n) is 13.8. The number of para-hydroxylation sites is 1. The van der Waals surface area contributed by atoms with Gasteiger partial charge in [-0.2, -0.15) is 0 Å². The molecular weight excluding hydrogens is 288 g/mol. The van der Waals surface area contributed by atoms with Gasteiger partial charge < -0.3 is 9.84 Å². The van der Waals surface area contributed by atoms with Crippen LogP contribution in [-0.4, -0.2) is 14.7 Å². The van der Waals surface area contributed by atoms with Gasteiger partial charge in [0.15, 0.2) is 5.76 Å². The molecule has 0 bridgehead atoms. The van der Waals surface area contributed by atoms with Crippen LogP contribution >= 0.6 is 0 Å². The molecule has 5 heteroatoms. The van der Waals surface area contributed by atoms with Crippen molar-refractivity contribution in [2.24, 2.45) is 0 Å². The summed E-state index contributed by atoms with van der Waals surface area (Å²) < 4.78 is 7.51. The summed E-state index contributed by atoms with van der Waals surface area (Å²) in [6, 6.07) is 12.3. The number of hydrogen-bond acceptors (Lipinski definition) is 4. The molecule has 0 saturated carbocycles. The summed E-state index contributed by atoms with van der Waals surface area (Å²) in [4.78, 5) is 4.43. The van der Waals surface area contributed by atoms with Crippen molar-refractivity contribution in [3.63, 3.8) is 0 Å². The van der Waals surface area contributed by atoms with E-state index in [0.29, 0.717) is 19.0 Å². The Morgan fingerprint density at radius 3 is 2.65 bits per heavy atom. The van der Waals surface area contributed by atoms with Crippen LogP contribution in [-0.2, 0) is 13.1 Å². The van der Waals surface area contributed by atoms with Gasteiger partial charge in [0, 0.05) is 18.3 Å². The molecule has 3 aromatic rings. The van der Waals surface area contributed by atoms with Gasteiger partial charge in [-0.05, 0) is 25.0 Å². The standard InChI is InChI=1S/C18H22N4O/c1-13(2)18-9-17(23-21-18)12-19-10-16-11-20-14(3)22(16)15-7-5-4-6-8-15/h4-9,11,13,19H,10,12H2,1-3H3. The quantitative estimate of drug-likeness (QED) is 0.756. The minimum Gasteiger partial charge on any atom is -0.360 e. The Morgan fingerprint density at radius 2 is 1.96 bits per heavy atom. The van der Waals surface area contributed by atoms with Crippen molar-refractivity contribution in [2.45, 2.75) is 39.8 Å². The summed E-state index contributed by atoms with van der Waals surface area (Å²) in [6.07, 6.45) is 1.91. The topological polar surface area (TPSA) is 55.9 Å². The monoisotopic (exact) mass is 310 g/mol. The number of aromatic nitrogens is 3. The van der Waals surface area contributed by atoms with E-state index in [-0.39, 0.29) is 0 Å². The van der Waals surface area contributed by atoms with Crippen LogP contribution in [0, 0.1) is 6.92 Å². The molecule has 0 radical (unpaired) electrons. The van der Waals surface area contributed by atoms with Crippen LogP contribution < -0.4 is 5.32 Å². The van der Waals surface area contributed by atoms with Crippen molar-refractivity contribution in [1.82, 2.24) is 20.0 Å². The molecule has 0 atom stereocenters. The molecule has 0 saturated heterocycles. The molecule has 120 valence electrons. The molecule has 5 nitrogen and oxygen atoms in total. The number of benzene rings is 1. The highest BCUT2D eigenvalue weighted by atomic mass is 16.5. The first-order valence-corrected chi connectivity index (χ1v) is 7.90. The molecule has 0 aliphatic rings. The molecule has 1 aromatic carbocycles. The first-order valence-electron chi connectivity index (χ1n) is 7.90. The Kier molecular flexibility index (Phi) is 4.57. The van der Waals surface area contributed by atoms with E-state index in [2.05, 4.69) is 46.0 Å². The van der Waals surface area contributed by atoms with Gasteiger partial charge in [-0.15, -0.1) is 0 Å². The van der Waals surface area contributed by atoms with Crippen molar-refractivity contribution in [3.05, 3.63) is 65.6 Å². The molecular formula is C18H22N4O. The maximum absolute atomic E-state index is 5.35. The molecule has 0 aliphatic heterocycles. The van der Waals surface area contributed by atoms with Gasteiger partial charge in [-0.1, -0.05) is 37.2 Å². The Bertz CT molecular complexity index is 758. The highest BCUT2D eigenvalue weighted by molar-refractivity contribution is 5.35. The zero-order valence-corrected chi connectivity index (χ0v) is 13.8. The van der Waals surface area contributed by atoms with E-state index >= 15 is 0 Å². The summed E-state index contributed by atoms with van der Waals surface area (Å²) in [5, 5.41) is 7.48. The smallest absolute Gasteiger partial charge is 0.150 e.